The normalized spacial score (nSPS) is 20.8. The van der Waals surface area contributed by atoms with Gasteiger partial charge in [0.05, 0.1) is 17.5 Å². The molecule has 3 amide bonds. The molecule has 0 aliphatic carbocycles. The van der Waals surface area contributed by atoms with E-state index in [0.717, 1.165) is 21.4 Å². The number of nitrogens with zero attached hydrogens (tertiary/aromatic N) is 3. The Balaban J connectivity index is 1.50. The maximum atomic E-state index is 15.0. The van der Waals surface area contributed by atoms with Gasteiger partial charge in [-0.3, -0.25) is 14.4 Å². The third kappa shape index (κ3) is 5.80. The SMILES string of the molecule is CC(=O)N1CCCN(C(=O)C2(Sc3ccccc3)CC(=O)N(Cc3ccc(Cl)c(F)c3)C2c2c[nH]c3cc(Cl)ccc23)CC1. The Hall–Kier alpha value is -3.53. The van der Waals surface area contributed by atoms with Gasteiger partial charge < -0.3 is 19.7 Å². The minimum Gasteiger partial charge on any atom is -0.361 e. The number of hydrogen-bond donors (Lipinski definition) is 1. The van der Waals surface area contributed by atoms with Gasteiger partial charge in [-0.05, 0) is 48.4 Å². The van der Waals surface area contributed by atoms with Gasteiger partial charge >= 0.3 is 0 Å². The van der Waals surface area contributed by atoms with E-state index in [1.165, 1.54) is 30.8 Å². The van der Waals surface area contributed by atoms with Crippen molar-refractivity contribution in [1.29, 1.82) is 0 Å². The molecule has 228 valence electrons. The minimum atomic E-state index is -1.26. The second-order valence-electron chi connectivity index (χ2n) is 11.2. The van der Waals surface area contributed by atoms with Crippen LogP contribution in [0.15, 0.2) is 77.8 Å². The highest BCUT2D eigenvalue weighted by Gasteiger charge is 2.59. The standard InChI is InChI=1S/C33H31Cl2FN4O3S/c1-21(41)38-12-5-13-39(15-14-38)32(43)33(44-24-6-3-2-4-7-24)18-30(42)40(20-22-8-11-27(35)28(36)16-22)31(33)26-19-37-29-17-23(34)9-10-25(26)29/h2-4,6-11,16-17,19,31,37H,5,12-15,18,20H2,1H3. The predicted molar refractivity (Wildman–Crippen MR) is 171 cm³/mol. The summed E-state index contributed by atoms with van der Waals surface area (Å²) in [6, 6.07) is 18.9. The van der Waals surface area contributed by atoms with Crippen molar-refractivity contribution in [2.75, 3.05) is 26.2 Å². The van der Waals surface area contributed by atoms with Crippen molar-refractivity contribution in [3.8, 4) is 0 Å². The fraction of sp³-hybridized carbons (Fsp3) is 0.303. The van der Waals surface area contributed by atoms with Gasteiger partial charge in [-0.1, -0.05) is 53.5 Å². The van der Waals surface area contributed by atoms with Gasteiger partial charge in [-0.2, -0.15) is 0 Å². The first-order valence-corrected chi connectivity index (χ1v) is 16.0. The van der Waals surface area contributed by atoms with E-state index in [1.54, 1.807) is 26.8 Å². The molecule has 3 aromatic carbocycles. The Morgan fingerprint density at radius 2 is 1.75 bits per heavy atom. The number of halogens is 3. The summed E-state index contributed by atoms with van der Waals surface area (Å²) in [6.45, 7) is 3.44. The molecule has 0 spiro atoms. The van der Waals surface area contributed by atoms with E-state index in [9.17, 15) is 14.0 Å². The minimum absolute atomic E-state index is 0.00326. The summed E-state index contributed by atoms with van der Waals surface area (Å²) in [5.41, 5.74) is 2.11. The number of likely N-dealkylation sites (tertiary alicyclic amines) is 1. The molecule has 44 heavy (non-hydrogen) atoms. The molecule has 0 radical (unpaired) electrons. The number of carbonyl (C=O) groups is 3. The average Bonchev–Trinajstić information content (AvgIpc) is 3.39. The van der Waals surface area contributed by atoms with E-state index in [1.807, 2.05) is 48.7 Å². The molecule has 0 saturated carbocycles. The monoisotopic (exact) mass is 652 g/mol. The Morgan fingerprint density at radius 1 is 1.00 bits per heavy atom. The molecule has 1 aromatic heterocycles. The Labute approximate surface area is 269 Å². The molecule has 0 bridgehead atoms. The number of hydrogen-bond acceptors (Lipinski definition) is 4. The van der Waals surface area contributed by atoms with Crippen LogP contribution in [0.1, 0.15) is 36.9 Å². The quantitative estimate of drug-likeness (QED) is 0.252. The summed E-state index contributed by atoms with van der Waals surface area (Å²) < 4.78 is 13.3. The average molecular weight is 654 g/mol. The molecule has 4 aromatic rings. The topological polar surface area (TPSA) is 76.7 Å². The van der Waals surface area contributed by atoms with E-state index in [4.69, 9.17) is 23.2 Å². The van der Waals surface area contributed by atoms with Gasteiger partial charge in [0.15, 0.2) is 0 Å². The highest BCUT2D eigenvalue weighted by atomic mass is 35.5. The molecule has 2 fully saturated rings. The summed E-state index contributed by atoms with van der Waals surface area (Å²) in [5, 5.41) is 1.39. The van der Waals surface area contributed by atoms with Crippen LogP contribution in [0.2, 0.25) is 10.0 Å². The van der Waals surface area contributed by atoms with Crippen molar-refractivity contribution >= 4 is 63.6 Å². The maximum Gasteiger partial charge on any atom is 0.242 e. The molecule has 2 unspecified atom stereocenters. The van der Waals surface area contributed by atoms with Crippen molar-refractivity contribution in [2.45, 2.75) is 42.0 Å². The molecule has 2 aliphatic rings. The zero-order valence-electron chi connectivity index (χ0n) is 24.1. The second kappa shape index (κ2) is 12.5. The van der Waals surface area contributed by atoms with Gasteiger partial charge in [0.25, 0.3) is 0 Å². The molecular formula is C33H31Cl2FN4O3S. The molecule has 2 saturated heterocycles. The lowest BCUT2D eigenvalue weighted by molar-refractivity contribution is -0.135. The number of benzene rings is 3. The van der Waals surface area contributed by atoms with Crippen molar-refractivity contribution in [3.05, 3.63) is 99.9 Å². The van der Waals surface area contributed by atoms with Gasteiger partial charge in [-0.15, -0.1) is 11.8 Å². The molecular weight excluding hydrogens is 622 g/mol. The number of aromatic nitrogens is 1. The number of nitrogens with one attached hydrogen (secondary N) is 1. The van der Waals surface area contributed by atoms with Gasteiger partial charge in [0.1, 0.15) is 10.6 Å². The molecule has 7 nitrogen and oxygen atoms in total. The van der Waals surface area contributed by atoms with Crippen molar-refractivity contribution in [3.63, 3.8) is 0 Å². The van der Waals surface area contributed by atoms with E-state index in [-0.39, 0.29) is 35.7 Å². The fourth-order valence-electron chi connectivity index (χ4n) is 6.33. The number of thioether (sulfide) groups is 1. The van der Waals surface area contributed by atoms with Crippen LogP contribution in [0, 0.1) is 5.82 Å². The van der Waals surface area contributed by atoms with Gasteiger partial charge in [-0.25, -0.2) is 4.39 Å². The van der Waals surface area contributed by atoms with Crippen LogP contribution in [0.25, 0.3) is 10.9 Å². The lowest BCUT2D eigenvalue weighted by Crippen LogP contribution is -2.51. The van der Waals surface area contributed by atoms with Crippen LogP contribution < -0.4 is 0 Å². The zero-order chi connectivity index (χ0) is 31.0. The smallest absolute Gasteiger partial charge is 0.242 e. The lowest BCUT2D eigenvalue weighted by Gasteiger charge is -2.39. The van der Waals surface area contributed by atoms with E-state index in [2.05, 4.69) is 4.98 Å². The highest BCUT2D eigenvalue weighted by molar-refractivity contribution is 8.01. The molecule has 11 heteroatoms. The summed E-state index contributed by atoms with van der Waals surface area (Å²) in [6.07, 6.45) is 2.42. The first-order chi connectivity index (χ1) is 21.2. The van der Waals surface area contributed by atoms with Crippen LogP contribution in [-0.2, 0) is 20.9 Å². The summed E-state index contributed by atoms with van der Waals surface area (Å²) in [4.78, 5) is 50.7. The molecule has 2 atom stereocenters. The van der Waals surface area contributed by atoms with Crippen molar-refractivity contribution in [1.82, 2.24) is 19.7 Å². The van der Waals surface area contributed by atoms with Crippen molar-refractivity contribution in [2.24, 2.45) is 0 Å². The summed E-state index contributed by atoms with van der Waals surface area (Å²) >= 11 is 13.7. The first kappa shape index (κ1) is 30.5. The Morgan fingerprint density at radius 3 is 2.50 bits per heavy atom. The van der Waals surface area contributed by atoms with Crippen LogP contribution in [0.4, 0.5) is 4.39 Å². The Bertz CT molecular complexity index is 1730. The van der Waals surface area contributed by atoms with Crippen LogP contribution in [0.3, 0.4) is 0 Å². The largest absolute Gasteiger partial charge is 0.361 e. The fourth-order valence-corrected chi connectivity index (χ4v) is 8.11. The highest BCUT2D eigenvalue weighted by Crippen LogP contribution is 2.55. The number of aromatic amines is 1. The first-order valence-electron chi connectivity index (χ1n) is 14.4. The molecule has 3 heterocycles. The van der Waals surface area contributed by atoms with Crippen molar-refractivity contribution < 1.29 is 18.8 Å². The number of fused-ring (bicyclic) bond motifs is 1. The number of amides is 3. The third-order valence-electron chi connectivity index (χ3n) is 8.43. The molecule has 2 aliphatic heterocycles. The Kier molecular flexibility index (Phi) is 8.64. The van der Waals surface area contributed by atoms with Crippen LogP contribution in [0.5, 0.6) is 0 Å². The third-order valence-corrected chi connectivity index (χ3v) is 10.4. The number of H-pyrrole nitrogens is 1. The van der Waals surface area contributed by atoms with E-state index >= 15 is 4.79 Å². The van der Waals surface area contributed by atoms with E-state index < -0.39 is 16.6 Å². The summed E-state index contributed by atoms with van der Waals surface area (Å²) in [5.74, 6) is -0.982. The maximum absolute atomic E-state index is 15.0. The summed E-state index contributed by atoms with van der Waals surface area (Å²) in [7, 11) is 0. The van der Waals surface area contributed by atoms with Crippen LogP contribution in [-0.4, -0.2) is 68.3 Å². The second-order valence-corrected chi connectivity index (χ2v) is 13.5. The van der Waals surface area contributed by atoms with Gasteiger partial charge in [0.2, 0.25) is 17.7 Å². The van der Waals surface area contributed by atoms with Crippen LogP contribution >= 0.6 is 35.0 Å². The molecule has 6 rings (SSSR count). The van der Waals surface area contributed by atoms with E-state index in [0.29, 0.717) is 43.2 Å². The predicted octanol–water partition coefficient (Wildman–Crippen LogP) is 6.70. The number of carbonyl (C=O) groups excluding carboxylic acids is 3. The number of rotatable bonds is 6. The van der Waals surface area contributed by atoms with Gasteiger partial charge in [0, 0.05) is 72.2 Å². The molecule has 1 N–H and O–H groups in total. The zero-order valence-corrected chi connectivity index (χ0v) is 26.4. The lowest BCUT2D eigenvalue weighted by atomic mass is 9.90.